The number of nitrogens with zero attached hydrogens (tertiary/aromatic N) is 3. The highest BCUT2D eigenvalue weighted by atomic mass is 32.1. The van der Waals surface area contributed by atoms with Gasteiger partial charge in [0, 0.05) is 18.4 Å². The van der Waals surface area contributed by atoms with Crippen LogP contribution < -0.4 is 10.6 Å². The fraction of sp³-hybridized carbons (Fsp3) is 0.333. The van der Waals surface area contributed by atoms with E-state index in [0.717, 1.165) is 23.7 Å². The summed E-state index contributed by atoms with van der Waals surface area (Å²) >= 11 is 1.33. The topological polar surface area (TPSA) is 79.8 Å². The van der Waals surface area contributed by atoms with Gasteiger partial charge in [-0.25, -0.2) is 0 Å². The number of rotatable bonds is 5. The Morgan fingerprint density at radius 1 is 1.42 bits per heavy atom. The van der Waals surface area contributed by atoms with E-state index in [0.29, 0.717) is 10.8 Å². The predicted molar refractivity (Wildman–Crippen MR) is 75.6 cm³/mol. The first kappa shape index (κ1) is 13.4. The number of amides is 1. The lowest BCUT2D eigenvalue weighted by atomic mass is 10.3. The molecule has 0 fully saturated rings. The molecule has 0 saturated carbocycles. The van der Waals surface area contributed by atoms with Crippen LogP contribution in [-0.2, 0) is 0 Å². The lowest BCUT2D eigenvalue weighted by molar-refractivity contribution is 0.102. The molecule has 7 heteroatoms. The van der Waals surface area contributed by atoms with Gasteiger partial charge in [-0.15, -0.1) is 10.2 Å². The molecular formula is C12H15N5OS. The van der Waals surface area contributed by atoms with Gasteiger partial charge in [0.2, 0.25) is 5.13 Å². The molecular weight excluding hydrogens is 262 g/mol. The molecule has 0 atom stereocenters. The summed E-state index contributed by atoms with van der Waals surface area (Å²) in [6.45, 7) is 4.78. The largest absolute Gasteiger partial charge is 0.385 e. The number of carbonyl (C=O) groups is 1. The van der Waals surface area contributed by atoms with E-state index in [-0.39, 0.29) is 5.91 Å². The molecule has 0 radical (unpaired) electrons. The minimum atomic E-state index is -0.281. The molecule has 100 valence electrons. The standard InChI is InChI=1S/C12H15N5OS/c1-3-5-13-9-4-6-14-10(7-9)11(18)15-12-17-16-8(2)19-12/h4,6-7H,3,5H2,1-2H3,(H,13,14)(H,15,17,18). The van der Waals surface area contributed by atoms with Crippen LogP contribution in [0.5, 0.6) is 0 Å². The van der Waals surface area contributed by atoms with Crippen LogP contribution in [0.2, 0.25) is 0 Å². The average Bonchev–Trinajstić information content (AvgIpc) is 2.82. The van der Waals surface area contributed by atoms with Gasteiger partial charge < -0.3 is 5.32 Å². The van der Waals surface area contributed by atoms with Crippen LogP contribution in [0.4, 0.5) is 10.8 Å². The van der Waals surface area contributed by atoms with Crippen molar-refractivity contribution in [3.63, 3.8) is 0 Å². The normalized spacial score (nSPS) is 10.2. The summed E-state index contributed by atoms with van der Waals surface area (Å²) in [4.78, 5) is 16.0. The fourth-order valence-electron chi connectivity index (χ4n) is 1.44. The lowest BCUT2D eigenvalue weighted by Crippen LogP contribution is -2.14. The van der Waals surface area contributed by atoms with Crippen LogP contribution >= 0.6 is 11.3 Å². The molecule has 2 aromatic rings. The zero-order valence-electron chi connectivity index (χ0n) is 10.8. The summed E-state index contributed by atoms with van der Waals surface area (Å²) < 4.78 is 0. The number of aromatic nitrogens is 3. The molecule has 0 aliphatic heterocycles. The van der Waals surface area contributed by atoms with Crippen molar-refractivity contribution in [1.82, 2.24) is 15.2 Å². The van der Waals surface area contributed by atoms with Crippen molar-refractivity contribution < 1.29 is 4.79 Å². The zero-order chi connectivity index (χ0) is 13.7. The Balaban J connectivity index is 2.06. The maximum atomic E-state index is 12.0. The highest BCUT2D eigenvalue weighted by Gasteiger charge is 2.10. The van der Waals surface area contributed by atoms with Crippen LogP contribution in [0.25, 0.3) is 0 Å². The molecule has 19 heavy (non-hydrogen) atoms. The Bertz CT molecular complexity index is 569. The number of aryl methyl sites for hydroxylation is 1. The highest BCUT2D eigenvalue weighted by Crippen LogP contribution is 2.15. The first-order chi connectivity index (χ1) is 9.19. The van der Waals surface area contributed by atoms with Crippen molar-refractivity contribution in [1.29, 1.82) is 0 Å². The van der Waals surface area contributed by atoms with Gasteiger partial charge >= 0.3 is 0 Å². The maximum Gasteiger partial charge on any atom is 0.276 e. The number of hydrogen-bond acceptors (Lipinski definition) is 6. The van der Waals surface area contributed by atoms with Gasteiger partial charge in [-0.3, -0.25) is 15.1 Å². The van der Waals surface area contributed by atoms with Crippen molar-refractivity contribution in [2.24, 2.45) is 0 Å². The van der Waals surface area contributed by atoms with Crippen LogP contribution in [-0.4, -0.2) is 27.6 Å². The Morgan fingerprint density at radius 2 is 2.26 bits per heavy atom. The van der Waals surface area contributed by atoms with E-state index in [2.05, 4.69) is 32.7 Å². The molecule has 0 spiro atoms. The number of nitrogens with one attached hydrogen (secondary N) is 2. The molecule has 0 aliphatic carbocycles. The van der Waals surface area contributed by atoms with Crippen LogP contribution in [0.3, 0.4) is 0 Å². The number of pyridine rings is 1. The second-order valence-corrected chi connectivity index (χ2v) is 5.12. The van der Waals surface area contributed by atoms with Gasteiger partial charge in [-0.1, -0.05) is 18.3 Å². The smallest absolute Gasteiger partial charge is 0.276 e. The summed E-state index contributed by atoms with van der Waals surface area (Å²) in [7, 11) is 0. The molecule has 0 unspecified atom stereocenters. The molecule has 2 N–H and O–H groups in total. The van der Waals surface area contributed by atoms with Crippen molar-refractivity contribution in [2.45, 2.75) is 20.3 Å². The average molecular weight is 277 g/mol. The number of hydrogen-bond donors (Lipinski definition) is 2. The second kappa shape index (κ2) is 6.24. The summed E-state index contributed by atoms with van der Waals surface area (Å²) in [6.07, 6.45) is 2.63. The van der Waals surface area contributed by atoms with E-state index in [1.165, 1.54) is 11.3 Å². The van der Waals surface area contributed by atoms with Crippen molar-refractivity contribution in [2.75, 3.05) is 17.2 Å². The molecule has 1 amide bonds. The van der Waals surface area contributed by atoms with Gasteiger partial charge in [0.25, 0.3) is 5.91 Å². The van der Waals surface area contributed by atoms with Crippen molar-refractivity contribution in [3.8, 4) is 0 Å². The van der Waals surface area contributed by atoms with Gasteiger partial charge in [0.05, 0.1) is 0 Å². The Kier molecular flexibility index (Phi) is 4.40. The van der Waals surface area contributed by atoms with E-state index in [9.17, 15) is 4.79 Å². The van der Waals surface area contributed by atoms with E-state index in [1.54, 1.807) is 12.3 Å². The SMILES string of the molecule is CCCNc1ccnc(C(=O)Nc2nnc(C)s2)c1. The first-order valence-corrected chi connectivity index (χ1v) is 6.82. The molecule has 6 nitrogen and oxygen atoms in total. The van der Waals surface area contributed by atoms with E-state index in [4.69, 9.17) is 0 Å². The first-order valence-electron chi connectivity index (χ1n) is 6.00. The minimum absolute atomic E-state index is 0.281. The molecule has 0 saturated heterocycles. The van der Waals surface area contributed by atoms with Gasteiger partial charge in [-0.2, -0.15) is 0 Å². The highest BCUT2D eigenvalue weighted by molar-refractivity contribution is 7.15. The quantitative estimate of drug-likeness (QED) is 0.876. The van der Waals surface area contributed by atoms with Crippen LogP contribution in [0.1, 0.15) is 28.8 Å². The number of carbonyl (C=O) groups excluding carboxylic acids is 1. The summed E-state index contributed by atoms with van der Waals surface area (Å²) in [5, 5.41) is 14.9. The van der Waals surface area contributed by atoms with E-state index in [1.807, 2.05) is 13.0 Å². The molecule has 0 bridgehead atoms. The van der Waals surface area contributed by atoms with Gasteiger partial charge in [-0.05, 0) is 25.5 Å². The van der Waals surface area contributed by atoms with Crippen molar-refractivity contribution in [3.05, 3.63) is 29.0 Å². The summed E-state index contributed by atoms with van der Waals surface area (Å²) in [6, 6.07) is 3.56. The lowest BCUT2D eigenvalue weighted by Gasteiger charge is -2.06. The fourth-order valence-corrected chi connectivity index (χ4v) is 2.03. The third-order valence-electron chi connectivity index (χ3n) is 2.32. The van der Waals surface area contributed by atoms with E-state index >= 15 is 0 Å². The van der Waals surface area contributed by atoms with Crippen molar-refractivity contribution >= 4 is 28.1 Å². The zero-order valence-corrected chi connectivity index (χ0v) is 11.6. The second-order valence-electron chi connectivity index (χ2n) is 3.94. The van der Waals surface area contributed by atoms with Gasteiger partial charge in [0.1, 0.15) is 10.7 Å². The van der Waals surface area contributed by atoms with Gasteiger partial charge in [0.15, 0.2) is 0 Å². The Hall–Kier alpha value is -2.02. The summed E-state index contributed by atoms with van der Waals surface area (Å²) in [5.74, 6) is -0.281. The molecule has 0 aromatic carbocycles. The Morgan fingerprint density at radius 3 is 2.95 bits per heavy atom. The molecule has 2 rings (SSSR count). The molecule has 2 heterocycles. The predicted octanol–water partition coefficient (Wildman–Crippen LogP) is 2.32. The Labute approximate surface area is 115 Å². The van der Waals surface area contributed by atoms with Crippen LogP contribution in [0, 0.1) is 6.92 Å². The molecule has 0 aliphatic rings. The third kappa shape index (κ3) is 3.72. The number of anilines is 2. The monoisotopic (exact) mass is 277 g/mol. The summed E-state index contributed by atoms with van der Waals surface area (Å²) in [5.41, 5.74) is 1.24. The van der Waals surface area contributed by atoms with E-state index < -0.39 is 0 Å². The maximum absolute atomic E-state index is 12.0. The van der Waals surface area contributed by atoms with Crippen LogP contribution in [0.15, 0.2) is 18.3 Å². The minimum Gasteiger partial charge on any atom is -0.385 e. The molecule has 2 aromatic heterocycles. The third-order valence-corrected chi connectivity index (χ3v) is 3.07.